The second-order valence-electron chi connectivity index (χ2n) is 7.42. The fourth-order valence-electron chi connectivity index (χ4n) is 3.87. The number of likely N-dealkylation sites (tertiary alicyclic amines) is 1. The van der Waals surface area contributed by atoms with E-state index >= 15 is 0 Å². The molecule has 1 aliphatic carbocycles. The average molecular weight is 316 g/mol. The van der Waals surface area contributed by atoms with E-state index in [4.69, 9.17) is 4.74 Å². The smallest absolute Gasteiger partial charge is 0.211 e. The minimum Gasteiger partial charge on any atom is -0.380 e. The van der Waals surface area contributed by atoms with Gasteiger partial charge < -0.3 is 9.64 Å². The van der Waals surface area contributed by atoms with Gasteiger partial charge in [0.15, 0.2) is 0 Å². The number of sulfonamides is 1. The van der Waals surface area contributed by atoms with E-state index in [9.17, 15) is 8.42 Å². The fourth-order valence-corrected chi connectivity index (χ4v) is 4.72. The van der Waals surface area contributed by atoms with Crippen LogP contribution in [0.1, 0.15) is 32.1 Å². The van der Waals surface area contributed by atoms with Crippen molar-refractivity contribution in [3.8, 4) is 0 Å². The number of rotatable bonds is 5. The molecule has 3 aliphatic rings. The number of hydrogen-bond donors (Lipinski definition) is 0. The van der Waals surface area contributed by atoms with Gasteiger partial charge in [0.05, 0.1) is 12.9 Å². The first-order valence-electron chi connectivity index (χ1n) is 8.11. The van der Waals surface area contributed by atoms with Gasteiger partial charge in [0, 0.05) is 32.3 Å². The highest BCUT2D eigenvalue weighted by Gasteiger charge is 2.45. The van der Waals surface area contributed by atoms with E-state index < -0.39 is 10.0 Å². The average Bonchev–Trinajstić information content (AvgIpc) is 3.16. The van der Waals surface area contributed by atoms with Crippen LogP contribution in [0.3, 0.4) is 0 Å². The molecule has 0 amide bonds. The molecule has 0 radical (unpaired) electrons. The summed E-state index contributed by atoms with van der Waals surface area (Å²) in [6.07, 6.45) is 7.14. The van der Waals surface area contributed by atoms with Gasteiger partial charge in [-0.05, 0) is 50.5 Å². The summed E-state index contributed by atoms with van der Waals surface area (Å²) >= 11 is 0. The second-order valence-corrected chi connectivity index (χ2v) is 9.40. The largest absolute Gasteiger partial charge is 0.380 e. The van der Waals surface area contributed by atoms with E-state index in [2.05, 4.69) is 11.9 Å². The number of hydrogen-bond acceptors (Lipinski definition) is 4. The number of likely N-dealkylation sites (N-methyl/N-ethyl adjacent to an activating group) is 1. The summed E-state index contributed by atoms with van der Waals surface area (Å²) in [4.78, 5) is 2.42. The maximum absolute atomic E-state index is 11.6. The molecule has 0 aromatic rings. The summed E-state index contributed by atoms with van der Waals surface area (Å²) < 4.78 is 30.8. The van der Waals surface area contributed by atoms with Crippen molar-refractivity contribution in [1.82, 2.24) is 9.21 Å². The predicted octanol–water partition coefficient (Wildman–Crippen LogP) is 1.16. The van der Waals surface area contributed by atoms with Crippen LogP contribution in [0.15, 0.2) is 0 Å². The van der Waals surface area contributed by atoms with Crippen LogP contribution in [0, 0.1) is 11.3 Å². The van der Waals surface area contributed by atoms with Crippen molar-refractivity contribution in [1.29, 1.82) is 0 Å². The molecule has 122 valence electrons. The Morgan fingerprint density at radius 2 is 1.86 bits per heavy atom. The molecular weight excluding hydrogens is 288 g/mol. The van der Waals surface area contributed by atoms with Crippen molar-refractivity contribution in [3.05, 3.63) is 0 Å². The highest BCUT2D eigenvalue weighted by atomic mass is 32.2. The third kappa shape index (κ3) is 3.78. The summed E-state index contributed by atoms with van der Waals surface area (Å²) in [6.45, 7) is 4.22. The molecule has 5 nitrogen and oxygen atoms in total. The van der Waals surface area contributed by atoms with E-state index in [0.717, 1.165) is 44.9 Å². The molecule has 2 aliphatic heterocycles. The standard InChI is InChI=1S/C15H28N2O3S/c1-16-12-15(5-7-17(8-6-15)21(2,18)19)9-14(16)11-20-10-13-3-4-13/h13-14H,3-12H2,1-2H3/t14-/m0/s1. The summed E-state index contributed by atoms with van der Waals surface area (Å²) in [5.41, 5.74) is 0.309. The van der Waals surface area contributed by atoms with Gasteiger partial charge in [-0.25, -0.2) is 12.7 Å². The van der Waals surface area contributed by atoms with Crippen molar-refractivity contribution in [2.75, 3.05) is 46.2 Å². The number of ether oxygens (including phenoxy) is 1. The second kappa shape index (κ2) is 5.80. The quantitative estimate of drug-likeness (QED) is 0.764. The first-order chi connectivity index (χ1) is 9.88. The topological polar surface area (TPSA) is 49.9 Å². The summed E-state index contributed by atoms with van der Waals surface area (Å²) in [5, 5.41) is 0. The van der Waals surface area contributed by atoms with Crippen LogP contribution in [0.4, 0.5) is 0 Å². The Kier molecular flexibility index (Phi) is 4.34. The zero-order valence-electron chi connectivity index (χ0n) is 13.3. The van der Waals surface area contributed by atoms with Crippen LogP contribution in [0.5, 0.6) is 0 Å². The maximum atomic E-state index is 11.6. The minimum absolute atomic E-state index is 0.309. The van der Waals surface area contributed by atoms with Gasteiger partial charge in [-0.2, -0.15) is 0 Å². The maximum Gasteiger partial charge on any atom is 0.211 e. The van der Waals surface area contributed by atoms with Crippen molar-refractivity contribution >= 4 is 10.0 Å². The molecule has 0 bridgehead atoms. The monoisotopic (exact) mass is 316 g/mol. The third-order valence-electron chi connectivity index (χ3n) is 5.49. The van der Waals surface area contributed by atoms with Crippen LogP contribution in [0.2, 0.25) is 0 Å². The lowest BCUT2D eigenvalue weighted by molar-refractivity contribution is 0.0784. The Labute approximate surface area is 128 Å². The van der Waals surface area contributed by atoms with E-state index in [1.807, 2.05) is 0 Å². The molecular formula is C15H28N2O3S. The van der Waals surface area contributed by atoms with Gasteiger partial charge in [0.2, 0.25) is 10.0 Å². The lowest BCUT2D eigenvalue weighted by atomic mass is 9.77. The van der Waals surface area contributed by atoms with Crippen molar-refractivity contribution in [2.45, 2.75) is 38.1 Å². The molecule has 2 saturated heterocycles. The lowest BCUT2D eigenvalue weighted by Gasteiger charge is -2.38. The van der Waals surface area contributed by atoms with Gasteiger partial charge >= 0.3 is 0 Å². The van der Waals surface area contributed by atoms with Crippen LogP contribution >= 0.6 is 0 Å². The molecule has 3 rings (SSSR count). The molecule has 3 fully saturated rings. The molecule has 6 heteroatoms. The van der Waals surface area contributed by atoms with Gasteiger partial charge in [-0.15, -0.1) is 0 Å². The zero-order chi connectivity index (χ0) is 15.1. The van der Waals surface area contributed by atoms with Gasteiger partial charge in [-0.3, -0.25) is 0 Å². The highest BCUT2D eigenvalue weighted by molar-refractivity contribution is 7.88. The predicted molar refractivity (Wildman–Crippen MR) is 82.7 cm³/mol. The van der Waals surface area contributed by atoms with Crippen LogP contribution < -0.4 is 0 Å². The molecule has 1 atom stereocenters. The third-order valence-corrected chi connectivity index (χ3v) is 6.79. The van der Waals surface area contributed by atoms with Crippen molar-refractivity contribution in [2.24, 2.45) is 11.3 Å². The first kappa shape index (κ1) is 15.7. The Balaban J connectivity index is 1.50. The summed E-state index contributed by atoms with van der Waals surface area (Å²) in [5.74, 6) is 0.823. The zero-order valence-corrected chi connectivity index (χ0v) is 14.1. The molecule has 2 heterocycles. The van der Waals surface area contributed by atoms with Gasteiger partial charge in [-0.1, -0.05) is 0 Å². The molecule has 1 saturated carbocycles. The van der Waals surface area contributed by atoms with Crippen LogP contribution in [-0.4, -0.2) is 69.8 Å². The fraction of sp³-hybridized carbons (Fsp3) is 1.00. The normalized spacial score (nSPS) is 31.0. The molecule has 1 spiro atoms. The highest BCUT2D eigenvalue weighted by Crippen LogP contribution is 2.43. The molecule has 21 heavy (non-hydrogen) atoms. The molecule has 0 aromatic heterocycles. The van der Waals surface area contributed by atoms with Gasteiger partial charge in [0.25, 0.3) is 0 Å². The summed E-state index contributed by atoms with van der Waals surface area (Å²) in [6, 6.07) is 0.508. The van der Waals surface area contributed by atoms with Crippen LogP contribution in [0.25, 0.3) is 0 Å². The Morgan fingerprint density at radius 1 is 1.19 bits per heavy atom. The first-order valence-corrected chi connectivity index (χ1v) is 9.96. The molecule has 0 unspecified atom stereocenters. The van der Waals surface area contributed by atoms with E-state index in [1.165, 1.54) is 19.1 Å². The summed E-state index contributed by atoms with van der Waals surface area (Å²) in [7, 11) is -0.838. The van der Waals surface area contributed by atoms with E-state index in [1.54, 1.807) is 4.31 Å². The minimum atomic E-state index is -3.02. The Morgan fingerprint density at radius 3 is 2.43 bits per heavy atom. The number of piperidine rings is 1. The Bertz CT molecular complexity index is 467. The van der Waals surface area contributed by atoms with Crippen LogP contribution in [-0.2, 0) is 14.8 Å². The number of nitrogens with zero attached hydrogens (tertiary/aromatic N) is 2. The Hall–Kier alpha value is -0.170. The lowest BCUT2D eigenvalue weighted by Crippen LogP contribution is -2.43. The molecule has 0 aromatic carbocycles. The van der Waals surface area contributed by atoms with E-state index in [-0.39, 0.29) is 0 Å². The van der Waals surface area contributed by atoms with E-state index in [0.29, 0.717) is 24.5 Å². The van der Waals surface area contributed by atoms with Crippen molar-refractivity contribution < 1.29 is 13.2 Å². The molecule has 0 N–H and O–H groups in total. The SMILES string of the molecule is CN1CC2(CCN(S(C)(=O)=O)CC2)C[C@H]1COCC1CC1. The van der Waals surface area contributed by atoms with Gasteiger partial charge in [0.1, 0.15) is 0 Å². The van der Waals surface area contributed by atoms with Crippen molar-refractivity contribution in [3.63, 3.8) is 0 Å².